The molecule has 1 rings (SSSR count). The number of halogens is 2. The van der Waals surface area contributed by atoms with Gasteiger partial charge < -0.3 is 9.84 Å². The van der Waals surface area contributed by atoms with Crippen LogP contribution in [0.2, 0.25) is 5.02 Å². The quantitative estimate of drug-likeness (QED) is 0.776. The van der Waals surface area contributed by atoms with Crippen molar-refractivity contribution in [3.05, 3.63) is 28.5 Å². The molecule has 3 nitrogen and oxygen atoms in total. The van der Waals surface area contributed by atoms with Gasteiger partial charge in [0.2, 0.25) is 0 Å². The van der Waals surface area contributed by atoms with Crippen LogP contribution in [0, 0.1) is 5.82 Å². The lowest BCUT2D eigenvalue weighted by Gasteiger charge is -2.04. The lowest BCUT2D eigenvalue weighted by atomic mass is 10.2. The average molecular weight is 219 g/mol. The van der Waals surface area contributed by atoms with Crippen LogP contribution in [0.5, 0.6) is 5.75 Å². The van der Waals surface area contributed by atoms with Gasteiger partial charge in [-0.3, -0.25) is 0 Å². The fraction of sp³-hybridized carbons (Fsp3) is 0.222. The maximum Gasteiger partial charge on any atom is 0.341 e. The van der Waals surface area contributed by atoms with Gasteiger partial charge in [-0.25, -0.2) is 9.18 Å². The number of aromatic hydroxyl groups is 1. The zero-order valence-electron chi connectivity index (χ0n) is 7.38. The van der Waals surface area contributed by atoms with E-state index in [9.17, 15) is 9.18 Å². The van der Waals surface area contributed by atoms with Crippen LogP contribution < -0.4 is 0 Å². The third kappa shape index (κ3) is 1.96. The third-order valence-corrected chi connectivity index (χ3v) is 1.92. The molecular formula is C9H8ClFO3. The Hall–Kier alpha value is -1.29. The highest BCUT2D eigenvalue weighted by molar-refractivity contribution is 6.32. The van der Waals surface area contributed by atoms with E-state index in [4.69, 9.17) is 16.7 Å². The Labute approximate surface area is 85.1 Å². The summed E-state index contributed by atoms with van der Waals surface area (Å²) < 4.78 is 17.8. The number of carbonyl (C=O) groups is 1. The summed E-state index contributed by atoms with van der Waals surface area (Å²) in [6.45, 7) is 1.76. The van der Waals surface area contributed by atoms with Crippen LogP contribution in [0.15, 0.2) is 12.1 Å². The Morgan fingerprint density at radius 1 is 1.64 bits per heavy atom. The van der Waals surface area contributed by atoms with Crippen molar-refractivity contribution in [3.63, 3.8) is 0 Å². The Morgan fingerprint density at radius 2 is 2.29 bits per heavy atom. The van der Waals surface area contributed by atoms with Crippen molar-refractivity contribution in [2.75, 3.05) is 6.61 Å². The van der Waals surface area contributed by atoms with Gasteiger partial charge in [0.05, 0.1) is 12.2 Å². The van der Waals surface area contributed by atoms with E-state index in [-0.39, 0.29) is 12.2 Å². The largest absolute Gasteiger partial charge is 0.506 e. The van der Waals surface area contributed by atoms with Gasteiger partial charge in [-0.1, -0.05) is 11.6 Å². The molecule has 0 aliphatic heterocycles. The molecule has 0 aromatic heterocycles. The van der Waals surface area contributed by atoms with E-state index in [1.807, 2.05) is 0 Å². The smallest absolute Gasteiger partial charge is 0.341 e. The minimum atomic E-state index is -0.967. The van der Waals surface area contributed by atoms with Crippen molar-refractivity contribution in [1.82, 2.24) is 0 Å². The number of hydrogen-bond acceptors (Lipinski definition) is 3. The molecule has 0 aliphatic rings. The molecule has 0 atom stereocenters. The fourth-order valence-corrected chi connectivity index (χ4v) is 1.07. The minimum Gasteiger partial charge on any atom is -0.506 e. The van der Waals surface area contributed by atoms with E-state index in [2.05, 4.69) is 4.74 Å². The van der Waals surface area contributed by atoms with Gasteiger partial charge in [-0.15, -0.1) is 0 Å². The molecule has 1 N–H and O–H groups in total. The summed E-state index contributed by atoms with van der Waals surface area (Å²) in [5, 5.41) is 8.54. The highest BCUT2D eigenvalue weighted by atomic mass is 35.5. The van der Waals surface area contributed by atoms with E-state index in [1.165, 1.54) is 0 Å². The van der Waals surface area contributed by atoms with Crippen LogP contribution in [0.25, 0.3) is 0 Å². The maximum absolute atomic E-state index is 13.2. The van der Waals surface area contributed by atoms with Gasteiger partial charge in [-0.05, 0) is 19.1 Å². The number of carbonyl (C=O) groups excluding carboxylic acids is 1. The Balaban J connectivity index is 3.11. The van der Waals surface area contributed by atoms with Gasteiger partial charge in [-0.2, -0.15) is 0 Å². The molecule has 0 saturated heterocycles. The topological polar surface area (TPSA) is 46.5 Å². The summed E-state index contributed by atoms with van der Waals surface area (Å²) in [4.78, 5) is 11.1. The highest BCUT2D eigenvalue weighted by Crippen LogP contribution is 2.28. The second-order valence-electron chi connectivity index (χ2n) is 2.48. The Kier molecular flexibility index (Phi) is 3.30. The van der Waals surface area contributed by atoms with Crippen LogP contribution in [0.4, 0.5) is 4.39 Å². The van der Waals surface area contributed by atoms with Crippen LogP contribution in [-0.2, 0) is 4.74 Å². The van der Waals surface area contributed by atoms with Crippen LogP contribution in [0.1, 0.15) is 17.3 Å². The second-order valence-corrected chi connectivity index (χ2v) is 2.86. The Morgan fingerprint density at radius 3 is 2.86 bits per heavy atom. The molecule has 1 aromatic rings. The standard InChI is InChI=1S/C9H8ClFO3/c1-2-14-9(13)5-3-4-6(12)7(10)8(5)11/h3-4,12H,2H2,1H3. The van der Waals surface area contributed by atoms with Gasteiger partial charge in [0.25, 0.3) is 0 Å². The summed E-state index contributed by atoms with van der Waals surface area (Å²) >= 11 is 5.39. The maximum atomic E-state index is 13.2. The molecule has 0 aliphatic carbocycles. The fourth-order valence-electron chi connectivity index (χ4n) is 0.906. The highest BCUT2D eigenvalue weighted by Gasteiger charge is 2.17. The number of phenols is 1. The molecule has 0 unspecified atom stereocenters. The zero-order valence-corrected chi connectivity index (χ0v) is 8.14. The minimum absolute atomic E-state index is 0.150. The third-order valence-electron chi connectivity index (χ3n) is 1.56. The molecule has 5 heteroatoms. The number of esters is 1. The normalized spacial score (nSPS) is 9.93. The van der Waals surface area contributed by atoms with Gasteiger partial charge in [0, 0.05) is 0 Å². The first-order valence-electron chi connectivity index (χ1n) is 3.92. The van der Waals surface area contributed by atoms with E-state index < -0.39 is 22.6 Å². The molecular weight excluding hydrogens is 211 g/mol. The zero-order chi connectivity index (χ0) is 10.7. The molecule has 0 saturated carbocycles. The summed E-state index contributed by atoms with van der Waals surface area (Å²) in [7, 11) is 0. The molecule has 0 fully saturated rings. The van der Waals surface area contributed by atoms with Crippen molar-refractivity contribution in [2.45, 2.75) is 6.92 Å². The Bertz CT molecular complexity index is 365. The first-order valence-corrected chi connectivity index (χ1v) is 4.29. The molecule has 14 heavy (non-hydrogen) atoms. The molecule has 0 bridgehead atoms. The molecule has 1 aromatic carbocycles. The monoisotopic (exact) mass is 218 g/mol. The van der Waals surface area contributed by atoms with E-state index >= 15 is 0 Å². The van der Waals surface area contributed by atoms with Crippen molar-refractivity contribution in [2.24, 2.45) is 0 Å². The molecule has 76 valence electrons. The van der Waals surface area contributed by atoms with E-state index in [0.29, 0.717) is 0 Å². The van der Waals surface area contributed by atoms with Gasteiger partial charge in [0.15, 0.2) is 5.82 Å². The first-order chi connectivity index (χ1) is 6.57. The van der Waals surface area contributed by atoms with E-state index in [0.717, 1.165) is 12.1 Å². The van der Waals surface area contributed by atoms with E-state index in [1.54, 1.807) is 6.92 Å². The summed E-state index contributed by atoms with van der Waals surface area (Å²) in [5.74, 6) is -2.17. The van der Waals surface area contributed by atoms with Gasteiger partial charge >= 0.3 is 5.97 Å². The number of phenolic OH excluding ortho intramolecular Hbond substituents is 1. The number of rotatable bonds is 2. The molecule has 0 radical (unpaired) electrons. The summed E-state index contributed by atoms with van der Waals surface area (Å²) in [6, 6.07) is 2.26. The van der Waals surface area contributed by atoms with Crippen molar-refractivity contribution < 1.29 is 19.0 Å². The number of hydrogen-bond donors (Lipinski definition) is 1. The summed E-state index contributed by atoms with van der Waals surface area (Å²) in [6.07, 6.45) is 0. The molecule has 0 amide bonds. The summed E-state index contributed by atoms with van der Waals surface area (Å²) in [5.41, 5.74) is -0.283. The van der Waals surface area contributed by atoms with Crippen molar-refractivity contribution >= 4 is 17.6 Å². The van der Waals surface area contributed by atoms with Crippen molar-refractivity contribution in [3.8, 4) is 5.75 Å². The number of ether oxygens (including phenoxy) is 1. The SMILES string of the molecule is CCOC(=O)c1ccc(O)c(Cl)c1F. The average Bonchev–Trinajstić information content (AvgIpc) is 2.15. The number of benzene rings is 1. The second kappa shape index (κ2) is 4.28. The predicted molar refractivity (Wildman–Crippen MR) is 49.0 cm³/mol. The van der Waals surface area contributed by atoms with Crippen molar-refractivity contribution in [1.29, 1.82) is 0 Å². The predicted octanol–water partition coefficient (Wildman–Crippen LogP) is 2.36. The van der Waals surface area contributed by atoms with Crippen LogP contribution in [-0.4, -0.2) is 17.7 Å². The molecule has 0 spiro atoms. The lowest BCUT2D eigenvalue weighted by molar-refractivity contribution is 0.0521. The molecule has 0 heterocycles. The van der Waals surface area contributed by atoms with Crippen LogP contribution >= 0.6 is 11.6 Å². The van der Waals surface area contributed by atoms with Crippen LogP contribution in [0.3, 0.4) is 0 Å². The van der Waals surface area contributed by atoms with Gasteiger partial charge in [0.1, 0.15) is 10.8 Å². The first kappa shape index (κ1) is 10.8. The lowest BCUT2D eigenvalue weighted by Crippen LogP contribution is -2.07.